The summed E-state index contributed by atoms with van der Waals surface area (Å²) in [5.41, 5.74) is 3.15. The van der Waals surface area contributed by atoms with Crippen molar-refractivity contribution in [2.24, 2.45) is 0 Å². The summed E-state index contributed by atoms with van der Waals surface area (Å²) in [6.07, 6.45) is 16.2. The van der Waals surface area contributed by atoms with Gasteiger partial charge in [0, 0.05) is 17.9 Å². The van der Waals surface area contributed by atoms with E-state index in [1.807, 2.05) is 29.2 Å². The van der Waals surface area contributed by atoms with Crippen molar-refractivity contribution in [3.8, 4) is 5.75 Å². The standard InChI is InChI=1S/C30H44BrNO2/c1-3-4-5-6-7-8-9-10-11-12-13-14-21-34-30-20-16-18-28(23-30)25-32(26(2)33)29-19-15-17-27(22-29)24-31/h15-20,22-23H,3-14,21,24-25H2,1-2H3. The maximum Gasteiger partial charge on any atom is 0.224 e. The summed E-state index contributed by atoms with van der Waals surface area (Å²) in [6.45, 7) is 5.19. The number of ether oxygens (including phenoxy) is 1. The Labute approximate surface area is 216 Å². The van der Waals surface area contributed by atoms with Crippen LogP contribution in [0.2, 0.25) is 0 Å². The highest BCUT2D eigenvalue weighted by Gasteiger charge is 2.13. The Kier molecular flexibility index (Phi) is 14.7. The molecular formula is C30H44BrNO2. The third-order valence-electron chi connectivity index (χ3n) is 6.26. The van der Waals surface area contributed by atoms with E-state index >= 15 is 0 Å². The molecule has 0 N–H and O–H groups in total. The van der Waals surface area contributed by atoms with Crippen molar-refractivity contribution in [3.05, 3.63) is 59.7 Å². The smallest absolute Gasteiger partial charge is 0.224 e. The second-order valence-corrected chi connectivity index (χ2v) is 9.85. The Balaban J connectivity index is 1.66. The van der Waals surface area contributed by atoms with E-state index in [1.54, 1.807) is 6.92 Å². The van der Waals surface area contributed by atoms with Gasteiger partial charge in [0.25, 0.3) is 0 Å². The Morgan fingerprint density at radius 1 is 0.794 bits per heavy atom. The van der Waals surface area contributed by atoms with E-state index in [0.717, 1.165) is 40.9 Å². The Morgan fingerprint density at radius 3 is 2.00 bits per heavy atom. The summed E-state index contributed by atoms with van der Waals surface area (Å²) in [6, 6.07) is 16.2. The van der Waals surface area contributed by atoms with Crippen molar-refractivity contribution < 1.29 is 9.53 Å². The average Bonchev–Trinajstić information content (AvgIpc) is 2.85. The molecule has 4 heteroatoms. The van der Waals surface area contributed by atoms with Crippen LogP contribution in [0.3, 0.4) is 0 Å². The Bertz CT molecular complexity index is 823. The average molecular weight is 531 g/mol. The Morgan fingerprint density at radius 2 is 1.38 bits per heavy atom. The van der Waals surface area contributed by atoms with Gasteiger partial charge in [0.1, 0.15) is 5.75 Å². The second kappa shape index (κ2) is 17.6. The molecule has 1 amide bonds. The molecule has 2 aromatic carbocycles. The number of benzene rings is 2. The summed E-state index contributed by atoms with van der Waals surface area (Å²) in [5.74, 6) is 0.924. The number of amides is 1. The van der Waals surface area contributed by atoms with E-state index in [2.05, 4.69) is 47.1 Å². The van der Waals surface area contributed by atoms with Gasteiger partial charge in [0.05, 0.1) is 13.2 Å². The lowest BCUT2D eigenvalue weighted by Gasteiger charge is -2.22. The highest BCUT2D eigenvalue weighted by molar-refractivity contribution is 9.08. The third-order valence-corrected chi connectivity index (χ3v) is 6.91. The predicted molar refractivity (Wildman–Crippen MR) is 149 cm³/mol. The van der Waals surface area contributed by atoms with Crippen LogP contribution in [0.4, 0.5) is 5.69 Å². The normalized spacial score (nSPS) is 10.9. The number of hydrogen-bond donors (Lipinski definition) is 0. The largest absolute Gasteiger partial charge is 0.494 e. The molecule has 0 fully saturated rings. The summed E-state index contributed by atoms with van der Waals surface area (Å²) in [7, 11) is 0. The molecule has 0 heterocycles. The number of nitrogens with zero attached hydrogens (tertiary/aromatic N) is 1. The number of alkyl halides is 1. The van der Waals surface area contributed by atoms with Crippen LogP contribution in [0, 0.1) is 0 Å². The number of rotatable bonds is 18. The molecule has 0 aliphatic carbocycles. The molecule has 188 valence electrons. The third kappa shape index (κ3) is 11.6. The molecular weight excluding hydrogens is 486 g/mol. The van der Waals surface area contributed by atoms with Crippen LogP contribution in [0.15, 0.2) is 48.5 Å². The SMILES string of the molecule is CCCCCCCCCCCCCCOc1cccc(CN(C(C)=O)c2cccc(CBr)c2)c1. The molecule has 0 radical (unpaired) electrons. The monoisotopic (exact) mass is 529 g/mol. The van der Waals surface area contributed by atoms with E-state index in [1.165, 1.54) is 70.6 Å². The van der Waals surface area contributed by atoms with Gasteiger partial charge in [-0.3, -0.25) is 4.79 Å². The van der Waals surface area contributed by atoms with E-state index < -0.39 is 0 Å². The van der Waals surface area contributed by atoms with Gasteiger partial charge in [-0.2, -0.15) is 0 Å². The first-order valence-electron chi connectivity index (χ1n) is 13.3. The van der Waals surface area contributed by atoms with Gasteiger partial charge >= 0.3 is 0 Å². The summed E-state index contributed by atoms with van der Waals surface area (Å²) in [4.78, 5) is 14.1. The fourth-order valence-electron chi connectivity index (χ4n) is 4.24. The minimum atomic E-state index is 0.0366. The second-order valence-electron chi connectivity index (χ2n) is 9.29. The number of unbranched alkanes of at least 4 members (excludes halogenated alkanes) is 11. The van der Waals surface area contributed by atoms with Crippen LogP contribution in [-0.2, 0) is 16.7 Å². The molecule has 0 aromatic heterocycles. The first kappa shape index (κ1) is 28.4. The number of halogens is 1. The van der Waals surface area contributed by atoms with Crippen molar-refractivity contribution in [3.63, 3.8) is 0 Å². The lowest BCUT2D eigenvalue weighted by atomic mass is 10.1. The molecule has 3 nitrogen and oxygen atoms in total. The van der Waals surface area contributed by atoms with Gasteiger partial charge in [-0.15, -0.1) is 0 Å². The number of anilines is 1. The summed E-state index contributed by atoms with van der Waals surface area (Å²) in [5, 5.41) is 0.773. The summed E-state index contributed by atoms with van der Waals surface area (Å²) < 4.78 is 6.01. The zero-order valence-electron chi connectivity index (χ0n) is 21.4. The van der Waals surface area contributed by atoms with Gasteiger partial charge in [0.2, 0.25) is 5.91 Å². The van der Waals surface area contributed by atoms with Crippen molar-refractivity contribution >= 4 is 27.5 Å². The first-order valence-corrected chi connectivity index (χ1v) is 14.4. The molecule has 0 aliphatic heterocycles. The van der Waals surface area contributed by atoms with Gasteiger partial charge in [-0.25, -0.2) is 0 Å². The van der Waals surface area contributed by atoms with Crippen molar-refractivity contribution in [2.45, 2.75) is 103 Å². The van der Waals surface area contributed by atoms with E-state index in [9.17, 15) is 4.79 Å². The molecule has 0 atom stereocenters. The van der Waals surface area contributed by atoms with Crippen molar-refractivity contribution in [2.75, 3.05) is 11.5 Å². The summed E-state index contributed by atoms with van der Waals surface area (Å²) >= 11 is 3.50. The quantitative estimate of drug-likeness (QED) is 0.142. The minimum absolute atomic E-state index is 0.0366. The molecule has 0 unspecified atom stereocenters. The molecule has 0 bridgehead atoms. The van der Waals surface area contributed by atoms with Crippen LogP contribution in [0.25, 0.3) is 0 Å². The lowest BCUT2D eigenvalue weighted by Crippen LogP contribution is -2.27. The molecule has 0 saturated heterocycles. The highest BCUT2D eigenvalue weighted by Crippen LogP contribution is 2.22. The molecule has 2 rings (SSSR count). The number of carbonyl (C=O) groups is 1. The van der Waals surface area contributed by atoms with Crippen LogP contribution in [0.1, 0.15) is 102 Å². The molecule has 34 heavy (non-hydrogen) atoms. The van der Waals surface area contributed by atoms with Crippen LogP contribution in [0.5, 0.6) is 5.75 Å². The molecule has 0 aliphatic rings. The predicted octanol–water partition coefficient (Wildman–Crippen LogP) is 9.21. The van der Waals surface area contributed by atoms with Gasteiger partial charge in [-0.1, -0.05) is 118 Å². The topological polar surface area (TPSA) is 29.5 Å². The van der Waals surface area contributed by atoms with E-state index in [-0.39, 0.29) is 5.91 Å². The minimum Gasteiger partial charge on any atom is -0.494 e. The van der Waals surface area contributed by atoms with Gasteiger partial charge in [0.15, 0.2) is 0 Å². The maximum absolute atomic E-state index is 12.3. The van der Waals surface area contributed by atoms with Crippen LogP contribution >= 0.6 is 15.9 Å². The highest BCUT2D eigenvalue weighted by atomic mass is 79.9. The van der Waals surface area contributed by atoms with Crippen LogP contribution < -0.4 is 9.64 Å². The van der Waals surface area contributed by atoms with Gasteiger partial charge < -0.3 is 9.64 Å². The molecule has 0 spiro atoms. The number of carbonyl (C=O) groups excluding carboxylic acids is 1. The van der Waals surface area contributed by atoms with Crippen molar-refractivity contribution in [1.29, 1.82) is 0 Å². The number of hydrogen-bond acceptors (Lipinski definition) is 2. The fraction of sp³-hybridized carbons (Fsp3) is 0.567. The van der Waals surface area contributed by atoms with E-state index in [4.69, 9.17) is 4.74 Å². The Hall–Kier alpha value is -1.81. The first-order chi connectivity index (χ1) is 16.6. The van der Waals surface area contributed by atoms with Gasteiger partial charge in [-0.05, 0) is 41.8 Å². The fourth-order valence-corrected chi connectivity index (χ4v) is 4.59. The van der Waals surface area contributed by atoms with Crippen molar-refractivity contribution in [1.82, 2.24) is 0 Å². The zero-order chi connectivity index (χ0) is 24.4. The zero-order valence-corrected chi connectivity index (χ0v) is 23.0. The lowest BCUT2D eigenvalue weighted by molar-refractivity contribution is -0.116. The molecule has 2 aromatic rings. The van der Waals surface area contributed by atoms with E-state index in [0.29, 0.717) is 6.54 Å². The maximum atomic E-state index is 12.3. The molecule has 0 saturated carbocycles. The van der Waals surface area contributed by atoms with Crippen LogP contribution in [-0.4, -0.2) is 12.5 Å².